The molecule has 2 rings (SSSR count). The Morgan fingerprint density at radius 3 is 2.18 bits per heavy atom. The summed E-state index contributed by atoms with van der Waals surface area (Å²) in [6.07, 6.45) is 20.1. The van der Waals surface area contributed by atoms with Gasteiger partial charge in [-0.05, 0) is 23.8 Å². The number of rotatable bonds is 0. The Labute approximate surface area is 102 Å². The average Bonchev–Trinajstić information content (AvgIpc) is 2.37. The number of hydrogen-bond donors (Lipinski definition) is 0. The highest BCUT2D eigenvalue weighted by Gasteiger charge is 2.05. The van der Waals surface area contributed by atoms with Crippen molar-refractivity contribution in [3.05, 3.63) is 66.2 Å². The number of hydrogen-bond acceptors (Lipinski definition) is 4. The van der Waals surface area contributed by atoms with Crippen LogP contribution >= 0.6 is 0 Å². The summed E-state index contributed by atoms with van der Waals surface area (Å²) in [6, 6.07) is 0. The number of allylic oxidation sites excluding steroid dienone is 10. The van der Waals surface area contributed by atoms with E-state index in [1.165, 1.54) is 11.1 Å². The molecule has 0 spiro atoms. The second kappa shape index (κ2) is 6.44. The van der Waals surface area contributed by atoms with E-state index in [9.17, 15) is 0 Å². The Kier molecular flexibility index (Phi) is 5.21. The Hall–Kier alpha value is -1.30. The first-order chi connectivity index (χ1) is 7.95. The number of halogens is 1. The molecule has 0 aromatic carbocycles. The SMILES string of the molecule is C1=C[CH+]C=C2C=CC=CC(=C1)C2.[O-][Cl+3]([O-])([O-])[O-]. The molecule has 0 atom stereocenters. The summed E-state index contributed by atoms with van der Waals surface area (Å²) < 4.78 is 34.0. The van der Waals surface area contributed by atoms with Gasteiger partial charge >= 0.3 is 0 Å². The van der Waals surface area contributed by atoms with E-state index in [4.69, 9.17) is 18.6 Å². The highest BCUT2D eigenvalue weighted by molar-refractivity contribution is 5.41. The lowest BCUT2D eigenvalue weighted by molar-refractivity contribution is -2.00. The summed E-state index contributed by atoms with van der Waals surface area (Å²) >= 11 is 0. The fraction of sp³-hybridized carbons (Fsp3) is 0.0833. The zero-order valence-corrected chi connectivity index (χ0v) is 9.67. The molecule has 2 aliphatic carbocycles. The van der Waals surface area contributed by atoms with E-state index in [0.29, 0.717) is 0 Å². The van der Waals surface area contributed by atoms with Crippen LogP contribution in [0.2, 0.25) is 0 Å². The van der Waals surface area contributed by atoms with E-state index in [1.54, 1.807) is 0 Å². The van der Waals surface area contributed by atoms with Crippen molar-refractivity contribution >= 4 is 0 Å². The molecule has 0 saturated heterocycles. The topological polar surface area (TPSA) is 92.2 Å². The van der Waals surface area contributed by atoms with Crippen molar-refractivity contribution in [1.82, 2.24) is 0 Å². The highest BCUT2D eigenvalue weighted by atomic mass is 35.7. The normalized spacial score (nSPS) is 17.6. The molecule has 0 aromatic heterocycles. The van der Waals surface area contributed by atoms with Gasteiger partial charge in [0.1, 0.15) is 0 Å². The predicted molar refractivity (Wildman–Crippen MR) is 52.5 cm³/mol. The molecule has 2 bridgehead atoms. The van der Waals surface area contributed by atoms with Gasteiger partial charge in [0.05, 0.1) is 0 Å². The third-order valence-electron chi connectivity index (χ3n) is 1.98. The maximum atomic E-state index is 8.49. The fourth-order valence-corrected chi connectivity index (χ4v) is 1.36. The van der Waals surface area contributed by atoms with Crippen molar-refractivity contribution in [3.63, 3.8) is 0 Å². The Balaban J connectivity index is 0.000000249. The largest absolute Gasteiger partial charge is 0.222 e. The van der Waals surface area contributed by atoms with Crippen molar-refractivity contribution in [3.8, 4) is 0 Å². The summed E-state index contributed by atoms with van der Waals surface area (Å²) in [4.78, 5) is 0. The lowest BCUT2D eigenvalue weighted by Crippen LogP contribution is -2.68. The monoisotopic (exact) mass is 254 g/mol. The third kappa shape index (κ3) is 7.57. The van der Waals surface area contributed by atoms with Gasteiger partial charge < -0.3 is 0 Å². The minimum atomic E-state index is -4.94. The van der Waals surface area contributed by atoms with Gasteiger partial charge in [-0.25, -0.2) is 18.6 Å². The predicted octanol–water partition coefficient (Wildman–Crippen LogP) is -1.63. The Morgan fingerprint density at radius 1 is 0.941 bits per heavy atom. The standard InChI is InChI=1S/C12H11.ClHO4/c1-2-6-11-8-4-5-9-12(10-11)7-3-1;2-1(3,4)5/h1-9H,10H2;(H,2,3,4,5)/q+1;/p-1. The molecule has 0 amide bonds. The molecule has 0 aliphatic heterocycles. The zero-order chi connectivity index (χ0) is 12.7. The molecule has 90 valence electrons. The first-order valence-corrected chi connectivity index (χ1v) is 6.05. The van der Waals surface area contributed by atoms with Crippen LogP contribution in [0.3, 0.4) is 0 Å². The Morgan fingerprint density at radius 2 is 1.53 bits per heavy atom. The molecule has 2 aliphatic rings. The average molecular weight is 255 g/mol. The summed E-state index contributed by atoms with van der Waals surface area (Å²) in [7, 11) is -4.94. The van der Waals surface area contributed by atoms with Crippen molar-refractivity contribution in [2.75, 3.05) is 0 Å². The minimum absolute atomic E-state index is 1.05. The quantitative estimate of drug-likeness (QED) is 0.486. The second-order valence-corrected chi connectivity index (χ2v) is 4.09. The van der Waals surface area contributed by atoms with E-state index in [1.807, 2.05) is 0 Å². The van der Waals surface area contributed by atoms with Gasteiger partial charge in [-0.15, -0.1) is 10.2 Å². The van der Waals surface area contributed by atoms with E-state index < -0.39 is 10.2 Å². The van der Waals surface area contributed by atoms with Crippen LogP contribution in [0.15, 0.2) is 59.8 Å². The van der Waals surface area contributed by atoms with Crippen LogP contribution in [-0.2, 0) is 0 Å². The molecule has 0 fully saturated rings. The molecule has 0 N–H and O–H groups in total. The first-order valence-electron chi connectivity index (χ1n) is 4.81. The van der Waals surface area contributed by atoms with Crippen molar-refractivity contribution < 1.29 is 28.9 Å². The molecule has 17 heavy (non-hydrogen) atoms. The van der Waals surface area contributed by atoms with Crippen molar-refractivity contribution in [2.24, 2.45) is 0 Å². The van der Waals surface area contributed by atoms with Crippen LogP contribution < -0.4 is 18.6 Å². The molecule has 0 radical (unpaired) electrons. The molecule has 0 heterocycles. The molecular weight excluding hydrogens is 244 g/mol. The summed E-state index contributed by atoms with van der Waals surface area (Å²) in [5, 5.41) is 0. The molecule has 0 unspecified atom stereocenters. The lowest BCUT2D eigenvalue weighted by Gasteiger charge is -2.17. The van der Waals surface area contributed by atoms with Crippen molar-refractivity contribution in [1.29, 1.82) is 0 Å². The lowest BCUT2D eigenvalue weighted by atomic mass is 10.0. The second-order valence-electron chi connectivity index (χ2n) is 3.33. The van der Waals surface area contributed by atoms with Gasteiger partial charge in [0.25, 0.3) is 0 Å². The third-order valence-corrected chi connectivity index (χ3v) is 1.98. The fourth-order valence-electron chi connectivity index (χ4n) is 1.36. The first kappa shape index (κ1) is 13.8. The molecule has 4 nitrogen and oxygen atoms in total. The van der Waals surface area contributed by atoms with Crippen LogP contribution in [0.1, 0.15) is 6.42 Å². The maximum absolute atomic E-state index is 8.49. The smallest absolute Gasteiger partial charge is 0.0500 e. The van der Waals surface area contributed by atoms with Crippen LogP contribution in [0.5, 0.6) is 0 Å². The van der Waals surface area contributed by atoms with Crippen LogP contribution in [0.25, 0.3) is 0 Å². The van der Waals surface area contributed by atoms with Gasteiger partial charge in [-0.2, -0.15) is 0 Å². The maximum Gasteiger partial charge on any atom is 0.0500 e. The molecule has 0 aromatic rings. The van der Waals surface area contributed by atoms with E-state index in [2.05, 4.69) is 55.0 Å². The summed E-state index contributed by atoms with van der Waals surface area (Å²) in [5.41, 5.74) is 2.74. The van der Waals surface area contributed by atoms with Crippen LogP contribution in [0.4, 0.5) is 0 Å². The van der Waals surface area contributed by atoms with E-state index >= 15 is 0 Å². The van der Waals surface area contributed by atoms with Crippen LogP contribution in [-0.4, -0.2) is 0 Å². The van der Waals surface area contributed by atoms with E-state index in [0.717, 1.165) is 6.42 Å². The number of fused-ring (bicyclic) bond motifs is 2. The molecular formula is C12H11ClO4. The van der Waals surface area contributed by atoms with Gasteiger partial charge in [0.15, 0.2) is 0 Å². The van der Waals surface area contributed by atoms with Crippen LogP contribution in [0, 0.1) is 16.7 Å². The summed E-state index contributed by atoms with van der Waals surface area (Å²) in [5.74, 6) is 0. The molecule has 0 saturated carbocycles. The summed E-state index contributed by atoms with van der Waals surface area (Å²) in [6.45, 7) is 0. The highest BCUT2D eigenvalue weighted by Crippen LogP contribution is 2.19. The van der Waals surface area contributed by atoms with Crippen molar-refractivity contribution in [2.45, 2.75) is 6.42 Å². The van der Waals surface area contributed by atoms with Gasteiger partial charge in [0, 0.05) is 36.6 Å². The molecule has 5 heteroatoms. The van der Waals surface area contributed by atoms with Gasteiger partial charge in [-0.3, -0.25) is 0 Å². The van der Waals surface area contributed by atoms with Gasteiger partial charge in [0.2, 0.25) is 0 Å². The van der Waals surface area contributed by atoms with E-state index in [-0.39, 0.29) is 0 Å². The minimum Gasteiger partial charge on any atom is -0.222 e. The zero-order valence-electron chi connectivity index (χ0n) is 8.91. The Bertz CT molecular complexity index is 391. The van der Waals surface area contributed by atoms with Gasteiger partial charge in [-0.1, -0.05) is 12.2 Å².